The largest absolute Gasteiger partial charge is 0.492 e. The van der Waals surface area contributed by atoms with Crippen molar-refractivity contribution in [2.75, 3.05) is 0 Å². The zero-order valence-electron chi connectivity index (χ0n) is 10.7. The summed E-state index contributed by atoms with van der Waals surface area (Å²) in [5.41, 5.74) is 1.41. The Balaban J connectivity index is 2.09. The Hall–Kier alpha value is -2.17. The summed E-state index contributed by atoms with van der Waals surface area (Å²) < 4.78 is 0. The van der Waals surface area contributed by atoms with E-state index in [0.717, 1.165) is 0 Å². The summed E-state index contributed by atoms with van der Waals surface area (Å²) in [6.45, 7) is 0. The van der Waals surface area contributed by atoms with Gasteiger partial charge in [0.05, 0.1) is 10.0 Å². The van der Waals surface area contributed by atoms with Crippen molar-refractivity contribution in [1.82, 2.24) is 15.2 Å². The highest BCUT2D eigenvalue weighted by molar-refractivity contribution is 6.33. The molecule has 0 amide bonds. The van der Waals surface area contributed by atoms with E-state index < -0.39 is 0 Å². The second kappa shape index (κ2) is 5.68. The Labute approximate surface area is 131 Å². The second-order valence-electron chi connectivity index (χ2n) is 4.27. The molecule has 0 saturated carbocycles. The molecule has 0 aliphatic carbocycles. The molecule has 0 saturated heterocycles. The first-order valence-corrected chi connectivity index (χ1v) is 6.86. The summed E-state index contributed by atoms with van der Waals surface area (Å²) in [6.07, 6.45) is 0. The Bertz CT molecular complexity index is 808. The first-order valence-electron chi connectivity index (χ1n) is 6.10. The zero-order chi connectivity index (χ0) is 14.8. The van der Waals surface area contributed by atoms with Crippen LogP contribution in [-0.2, 0) is 0 Å². The average Bonchev–Trinajstić information content (AvgIpc) is 2.49. The molecular formula is C15H9Cl2N3O. The molecule has 0 unspecified atom stereocenters. The van der Waals surface area contributed by atoms with Crippen LogP contribution >= 0.6 is 23.2 Å². The Kier molecular flexibility index (Phi) is 3.73. The van der Waals surface area contributed by atoms with Crippen LogP contribution in [0.4, 0.5) is 0 Å². The van der Waals surface area contributed by atoms with Gasteiger partial charge in [-0.15, -0.1) is 10.2 Å². The minimum Gasteiger partial charge on any atom is -0.492 e. The minimum absolute atomic E-state index is 0.233. The maximum absolute atomic E-state index is 10.1. The van der Waals surface area contributed by atoms with Crippen molar-refractivity contribution >= 4 is 23.2 Å². The molecule has 0 spiro atoms. The SMILES string of the molecule is Oc1nc(-c2ccccc2Cl)nnc1-c1ccccc1Cl. The maximum atomic E-state index is 10.1. The summed E-state index contributed by atoms with van der Waals surface area (Å²) in [7, 11) is 0. The van der Waals surface area contributed by atoms with Crippen LogP contribution in [0.2, 0.25) is 10.0 Å². The highest BCUT2D eigenvalue weighted by atomic mass is 35.5. The van der Waals surface area contributed by atoms with E-state index in [9.17, 15) is 5.11 Å². The predicted molar refractivity (Wildman–Crippen MR) is 82.4 cm³/mol. The van der Waals surface area contributed by atoms with Gasteiger partial charge in [0.15, 0.2) is 11.5 Å². The molecule has 1 aromatic heterocycles. The number of halogens is 2. The molecule has 3 aromatic rings. The minimum atomic E-state index is -0.243. The van der Waals surface area contributed by atoms with Gasteiger partial charge in [0, 0.05) is 11.1 Å². The van der Waals surface area contributed by atoms with Gasteiger partial charge in [0.25, 0.3) is 0 Å². The van der Waals surface area contributed by atoms with Crippen LogP contribution in [0, 0.1) is 0 Å². The van der Waals surface area contributed by atoms with Crippen molar-refractivity contribution in [3.8, 4) is 28.5 Å². The van der Waals surface area contributed by atoms with Gasteiger partial charge in [0.1, 0.15) is 0 Å². The summed E-state index contributed by atoms with van der Waals surface area (Å²) >= 11 is 12.2. The normalized spacial score (nSPS) is 10.6. The molecule has 2 aromatic carbocycles. The highest BCUT2D eigenvalue weighted by Crippen LogP contribution is 2.32. The lowest BCUT2D eigenvalue weighted by Gasteiger charge is -2.06. The second-order valence-corrected chi connectivity index (χ2v) is 5.08. The molecule has 0 radical (unpaired) electrons. The Morgan fingerprint density at radius 3 is 1.90 bits per heavy atom. The molecule has 0 atom stereocenters. The number of aromatic nitrogens is 3. The third-order valence-electron chi connectivity index (χ3n) is 2.91. The van der Waals surface area contributed by atoms with E-state index >= 15 is 0 Å². The predicted octanol–water partition coefficient (Wildman–Crippen LogP) is 4.22. The van der Waals surface area contributed by atoms with Gasteiger partial charge in [-0.25, -0.2) is 0 Å². The first kappa shape index (κ1) is 13.8. The topological polar surface area (TPSA) is 58.9 Å². The fraction of sp³-hybridized carbons (Fsp3) is 0. The van der Waals surface area contributed by atoms with Gasteiger partial charge in [0.2, 0.25) is 5.88 Å². The van der Waals surface area contributed by atoms with Gasteiger partial charge < -0.3 is 5.11 Å². The standard InChI is InChI=1S/C15H9Cl2N3O/c16-11-7-3-1-5-9(11)13-15(21)18-14(20-19-13)10-6-2-4-8-12(10)17/h1-8H,(H,18,20,21). The van der Waals surface area contributed by atoms with Crippen LogP contribution < -0.4 is 0 Å². The molecule has 4 nitrogen and oxygen atoms in total. The zero-order valence-corrected chi connectivity index (χ0v) is 12.2. The lowest BCUT2D eigenvalue weighted by molar-refractivity contribution is 0.451. The molecule has 0 aliphatic rings. The molecule has 6 heteroatoms. The highest BCUT2D eigenvalue weighted by Gasteiger charge is 2.15. The molecule has 104 valence electrons. The van der Waals surface area contributed by atoms with E-state index in [1.54, 1.807) is 42.5 Å². The van der Waals surface area contributed by atoms with Crippen molar-refractivity contribution in [1.29, 1.82) is 0 Å². The Morgan fingerprint density at radius 2 is 1.33 bits per heavy atom. The van der Waals surface area contributed by atoms with Crippen LogP contribution in [0.5, 0.6) is 5.88 Å². The van der Waals surface area contributed by atoms with Gasteiger partial charge >= 0.3 is 0 Å². The number of hydrogen-bond acceptors (Lipinski definition) is 4. The van der Waals surface area contributed by atoms with Gasteiger partial charge in [-0.3, -0.25) is 0 Å². The van der Waals surface area contributed by atoms with Gasteiger partial charge in [-0.2, -0.15) is 4.98 Å². The van der Waals surface area contributed by atoms with Crippen molar-refractivity contribution in [3.63, 3.8) is 0 Å². The molecule has 0 bridgehead atoms. The summed E-state index contributed by atoms with van der Waals surface area (Å²) in [5.74, 6) is 0.0157. The van der Waals surface area contributed by atoms with E-state index in [1.165, 1.54) is 0 Å². The van der Waals surface area contributed by atoms with Crippen LogP contribution in [0.3, 0.4) is 0 Å². The third kappa shape index (κ3) is 2.68. The fourth-order valence-corrected chi connectivity index (χ4v) is 2.35. The number of aromatic hydroxyl groups is 1. The molecule has 1 heterocycles. The van der Waals surface area contributed by atoms with Crippen molar-refractivity contribution in [2.24, 2.45) is 0 Å². The van der Waals surface area contributed by atoms with Gasteiger partial charge in [-0.1, -0.05) is 53.5 Å². The number of nitrogens with zero attached hydrogens (tertiary/aromatic N) is 3. The lowest BCUT2D eigenvalue weighted by atomic mass is 10.1. The van der Waals surface area contributed by atoms with E-state index in [4.69, 9.17) is 23.2 Å². The number of benzene rings is 2. The fourth-order valence-electron chi connectivity index (χ4n) is 1.90. The van der Waals surface area contributed by atoms with Crippen LogP contribution in [0.25, 0.3) is 22.6 Å². The van der Waals surface area contributed by atoms with Crippen LogP contribution in [0.15, 0.2) is 48.5 Å². The quantitative estimate of drug-likeness (QED) is 0.768. The molecule has 1 N–H and O–H groups in total. The van der Waals surface area contributed by atoms with Crippen LogP contribution in [-0.4, -0.2) is 20.3 Å². The van der Waals surface area contributed by atoms with Crippen LogP contribution in [0.1, 0.15) is 0 Å². The van der Waals surface area contributed by atoms with Crippen molar-refractivity contribution in [3.05, 3.63) is 58.6 Å². The van der Waals surface area contributed by atoms with E-state index in [2.05, 4.69) is 15.2 Å². The molecule has 0 aliphatic heterocycles. The van der Waals surface area contributed by atoms with Gasteiger partial charge in [-0.05, 0) is 18.2 Å². The van der Waals surface area contributed by atoms with Crippen molar-refractivity contribution in [2.45, 2.75) is 0 Å². The van der Waals surface area contributed by atoms with E-state index in [-0.39, 0.29) is 17.4 Å². The van der Waals surface area contributed by atoms with E-state index in [0.29, 0.717) is 21.2 Å². The summed E-state index contributed by atoms with van der Waals surface area (Å²) in [4.78, 5) is 4.06. The maximum Gasteiger partial charge on any atom is 0.242 e. The summed E-state index contributed by atoms with van der Waals surface area (Å²) in [6, 6.07) is 14.1. The third-order valence-corrected chi connectivity index (χ3v) is 3.57. The summed E-state index contributed by atoms with van der Waals surface area (Å²) in [5, 5.41) is 19.1. The lowest BCUT2D eigenvalue weighted by Crippen LogP contribution is -1.97. The smallest absolute Gasteiger partial charge is 0.242 e. The molecule has 3 rings (SSSR count). The van der Waals surface area contributed by atoms with E-state index in [1.807, 2.05) is 6.07 Å². The molecular weight excluding hydrogens is 309 g/mol. The molecule has 0 fully saturated rings. The number of hydrogen-bond donors (Lipinski definition) is 1. The van der Waals surface area contributed by atoms with Crippen molar-refractivity contribution < 1.29 is 5.11 Å². The first-order chi connectivity index (χ1) is 10.2. The monoisotopic (exact) mass is 317 g/mol. The average molecular weight is 318 g/mol. The number of rotatable bonds is 2. The molecule has 21 heavy (non-hydrogen) atoms. The Morgan fingerprint density at radius 1 is 0.762 bits per heavy atom.